The van der Waals surface area contributed by atoms with Gasteiger partial charge in [0.2, 0.25) is 17.6 Å². The van der Waals surface area contributed by atoms with Gasteiger partial charge in [0.25, 0.3) is 0 Å². The predicted octanol–water partition coefficient (Wildman–Crippen LogP) is 2.31. The number of rotatable bonds is 4. The van der Waals surface area contributed by atoms with E-state index in [0.29, 0.717) is 29.4 Å². The van der Waals surface area contributed by atoms with Crippen LogP contribution in [0.5, 0.6) is 5.75 Å². The number of hydrogen-bond donors (Lipinski definition) is 3. The van der Waals surface area contributed by atoms with Crippen molar-refractivity contribution >= 4 is 23.2 Å². The number of fused-ring (bicyclic) bond motifs is 1. The summed E-state index contributed by atoms with van der Waals surface area (Å²) in [7, 11) is 1.52. The molecule has 1 aliphatic heterocycles. The molecular weight excluding hydrogens is 360 g/mol. The van der Waals surface area contributed by atoms with E-state index in [1.54, 1.807) is 6.07 Å². The summed E-state index contributed by atoms with van der Waals surface area (Å²) in [4.78, 5) is 23.8. The van der Waals surface area contributed by atoms with Gasteiger partial charge in [0.15, 0.2) is 0 Å². The largest absolute Gasteiger partial charge is 0.494 e. The average Bonchev–Trinajstić information content (AvgIpc) is 3.21. The van der Waals surface area contributed by atoms with Crippen LogP contribution in [-0.4, -0.2) is 39.5 Å². The summed E-state index contributed by atoms with van der Waals surface area (Å²) in [6.07, 6.45) is 0.306. The Labute approximate surface area is 160 Å². The van der Waals surface area contributed by atoms with Crippen molar-refractivity contribution in [3.8, 4) is 17.1 Å². The van der Waals surface area contributed by atoms with Gasteiger partial charge in [0.05, 0.1) is 12.8 Å². The van der Waals surface area contributed by atoms with Crippen molar-refractivity contribution in [3.63, 3.8) is 0 Å². The number of carbonyl (C=O) groups is 2. The van der Waals surface area contributed by atoms with Crippen molar-refractivity contribution < 1.29 is 14.3 Å². The Bertz CT molecular complexity index is 1030. The molecule has 0 aliphatic carbocycles. The summed E-state index contributed by atoms with van der Waals surface area (Å²) in [6.45, 7) is 1.44. The minimum absolute atomic E-state index is 0.0749. The van der Waals surface area contributed by atoms with E-state index in [2.05, 4.69) is 31.3 Å². The third-order valence-electron chi connectivity index (χ3n) is 4.64. The molecule has 1 aliphatic rings. The zero-order valence-corrected chi connectivity index (χ0v) is 15.3. The monoisotopic (exact) mass is 378 g/mol. The predicted molar refractivity (Wildman–Crippen MR) is 102 cm³/mol. The molecule has 4 rings (SSSR count). The fourth-order valence-corrected chi connectivity index (χ4v) is 3.39. The molecule has 0 spiro atoms. The van der Waals surface area contributed by atoms with E-state index in [9.17, 15) is 9.59 Å². The highest BCUT2D eigenvalue weighted by molar-refractivity contribution is 5.98. The summed E-state index contributed by atoms with van der Waals surface area (Å²) in [5.74, 6) is 0.572. The summed E-state index contributed by atoms with van der Waals surface area (Å²) in [5.41, 5.74) is 3.96. The highest BCUT2D eigenvalue weighted by atomic mass is 16.5. The van der Waals surface area contributed by atoms with Gasteiger partial charge in [-0.15, -0.1) is 10.2 Å². The number of amides is 2. The minimum atomic E-state index is -0.195. The Morgan fingerprint density at radius 2 is 2.04 bits per heavy atom. The van der Waals surface area contributed by atoms with Crippen LogP contribution in [0.1, 0.15) is 30.4 Å². The van der Waals surface area contributed by atoms with Gasteiger partial charge in [-0.05, 0) is 22.4 Å². The molecule has 3 aromatic rings. The second kappa shape index (κ2) is 7.10. The Morgan fingerprint density at radius 1 is 1.25 bits per heavy atom. The van der Waals surface area contributed by atoms with Crippen molar-refractivity contribution in [3.05, 3.63) is 47.5 Å². The first-order valence-electron chi connectivity index (χ1n) is 8.68. The molecule has 0 saturated heterocycles. The standard InChI is InChI=1S/C19H18N6O3/c1-10(26)20-16-7-14-13(8-18(27)21-15(14)9-17(16)28-2)11-3-5-12(6-4-11)19-22-24-25-23-19/h3-7,9,13H,8H2,1-2H3,(H,20,26)(H,21,27)(H,22,23,24,25). The van der Waals surface area contributed by atoms with Gasteiger partial charge in [-0.25, -0.2) is 0 Å². The topological polar surface area (TPSA) is 122 Å². The maximum absolute atomic E-state index is 12.3. The van der Waals surface area contributed by atoms with E-state index in [1.807, 2.05) is 30.3 Å². The van der Waals surface area contributed by atoms with Crippen molar-refractivity contribution in [2.24, 2.45) is 0 Å². The first-order chi connectivity index (χ1) is 13.5. The number of hydrogen-bond acceptors (Lipinski definition) is 6. The van der Waals surface area contributed by atoms with Gasteiger partial charge in [-0.3, -0.25) is 9.59 Å². The fourth-order valence-electron chi connectivity index (χ4n) is 3.39. The van der Waals surface area contributed by atoms with Crippen LogP contribution in [0, 0.1) is 0 Å². The Balaban J connectivity index is 1.75. The van der Waals surface area contributed by atoms with Crippen LogP contribution in [-0.2, 0) is 9.59 Å². The van der Waals surface area contributed by atoms with Gasteiger partial charge in [0.1, 0.15) is 5.75 Å². The van der Waals surface area contributed by atoms with E-state index in [4.69, 9.17) is 4.74 Å². The fraction of sp³-hybridized carbons (Fsp3) is 0.211. The molecule has 2 heterocycles. The first kappa shape index (κ1) is 17.7. The smallest absolute Gasteiger partial charge is 0.225 e. The van der Waals surface area contributed by atoms with Crippen molar-refractivity contribution in [1.82, 2.24) is 20.6 Å². The number of anilines is 2. The summed E-state index contributed by atoms with van der Waals surface area (Å²) < 4.78 is 5.36. The summed E-state index contributed by atoms with van der Waals surface area (Å²) >= 11 is 0. The van der Waals surface area contributed by atoms with E-state index in [1.165, 1.54) is 14.0 Å². The van der Waals surface area contributed by atoms with Crippen LogP contribution in [0.3, 0.4) is 0 Å². The number of methoxy groups -OCH3 is 1. The van der Waals surface area contributed by atoms with Crippen LogP contribution in [0.4, 0.5) is 11.4 Å². The van der Waals surface area contributed by atoms with Gasteiger partial charge in [0, 0.05) is 36.6 Å². The number of H-pyrrole nitrogens is 1. The molecule has 0 fully saturated rings. The van der Waals surface area contributed by atoms with Gasteiger partial charge < -0.3 is 15.4 Å². The number of nitrogens with one attached hydrogen (secondary N) is 3. The zero-order chi connectivity index (χ0) is 19.7. The quantitative estimate of drug-likeness (QED) is 0.640. The third-order valence-corrected chi connectivity index (χ3v) is 4.64. The molecule has 0 bridgehead atoms. The lowest BCUT2D eigenvalue weighted by atomic mass is 9.84. The van der Waals surface area contributed by atoms with Crippen LogP contribution in [0.15, 0.2) is 36.4 Å². The van der Waals surface area contributed by atoms with E-state index >= 15 is 0 Å². The molecule has 9 heteroatoms. The van der Waals surface area contributed by atoms with Gasteiger partial charge >= 0.3 is 0 Å². The molecule has 2 amide bonds. The minimum Gasteiger partial charge on any atom is -0.494 e. The van der Waals surface area contributed by atoms with E-state index in [-0.39, 0.29) is 17.7 Å². The van der Waals surface area contributed by atoms with Crippen molar-refractivity contribution in [2.45, 2.75) is 19.3 Å². The van der Waals surface area contributed by atoms with Crippen LogP contribution in [0.2, 0.25) is 0 Å². The molecule has 0 saturated carbocycles. The molecule has 142 valence electrons. The number of benzene rings is 2. The molecule has 28 heavy (non-hydrogen) atoms. The number of nitrogens with zero attached hydrogens (tertiary/aromatic N) is 3. The number of aromatic nitrogens is 4. The maximum atomic E-state index is 12.3. The Hall–Kier alpha value is -3.75. The SMILES string of the molecule is COc1cc2c(cc1NC(C)=O)C(c1ccc(-c3nn[nH]n3)cc1)CC(=O)N2. The number of carbonyl (C=O) groups excluding carboxylic acids is 2. The average molecular weight is 378 g/mol. The third kappa shape index (κ3) is 3.29. The lowest BCUT2D eigenvalue weighted by Crippen LogP contribution is -2.24. The van der Waals surface area contributed by atoms with Crippen molar-refractivity contribution in [2.75, 3.05) is 17.7 Å². The second-order valence-corrected chi connectivity index (χ2v) is 6.48. The molecule has 1 unspecified atom stereocenters. The second-order valence-electron chi connectivity index (χ2n) is 6.48. The maximum Gasteiger partial charge on any atom is 0.225 e. The van der Waals surface area contributed by atoms with Gasteiger partial charge in [-0.2, -0.15) is 5.21 Å². The summed E-state index contributed by atoms with van der Waals surface area (Å²) in [5, 5.41) is 19.6. The first-order valence-corrected chi connectivity index (χ1v) is 8.68. The van der Waals surface area contributed by atoms with Crippen molar-refractivity contribution in [1.29, 1.82) is 0 Å². The number of tetrazole rings is 1. The van der Waals surface area contributed by atoms with Crippen LogP contribution >= 0.6 is 0 Å². The van der Waals surface area contributed by atoms with Crippen LogP contribution < -0.4 is 15.4 Å². The highest BCUT2D eigenvalue weighted by Crippen LogP contribution is 2.42. The molecule has 1 atom stereocenters. The lowest BCUT2D eigenvalue weighted by molar-refractivity contribution is -0.117. The number of ether oxygens (including phenoxy) is 1. The molecule has 0 radical (unpaired) electrons. The highest BCUT2D eigenvalue weighted by Gasteiger charge is 2.28. The van der Waals surface area contributed by atoms with Gasteiger partial charge in [-0.1, -0.05) is 24.3 Å². The zero-order valence-electron chi connectivity index (χ0n) is 15.3. The molecule has 1 aromatic heterocycles. The van der Waals surface area contributed by atoms with Crippen LogP contribution in [0.25, 0.3) is 11.4 Å². The van der Waals surface area contributed by atoms with E-state index < -0.39 is 0 Å². The van der Waals surface area contributed by atoms with E-state index in [0.717, 1.165) is 16.7 Å². The molecular formula is C19H18N6O3. The summed E-state index contributed by atoms with van der Waals surface area (Å²) in [6, 6.07) is 11.3. The molecule has 3 N–H and O–H groups in total. The lowest BCUT2D eigenvalue weighted by Gasteiger charge is -2.27. The number of aromatic amines is 1. The Kier molecular flexibility index (Phi) is 4.48. The Morgan fingerprint density at radius 3 is 2.68 bits per heavy atom. The molecule has 9 nitrogen and oxygen atoms in total. The molecule has 2 aromatic carbocycles. The normalized spacial score (nSPS) is 15.5.